The zero-order valence-corrected chi connectivity index (χ0v) is 13.6. The number of carbonyl (C=O) groups excluding carboxylic acids is 1. The monoisotopic (exact) mass is 327 g/mol. The Bertz CT molecular complexity index is 699. The first-order valence-corrected chi connectivity index (χ1v) is 7.99. The van der Waals surface area contributed by atoms with Crippen LogP contribution in [0.15, 0.2) is 48.5 Å². The molecule has 0 unspecified atom stereocenters. The SMILES string of the molecule is COc1cccc(COc2ccc(C(=O)N3CC[C@H](O)C3)cc2)c1. The third kappa shape index (κ3) is 3.86. The minimum absolute atomic E-state index is 0.0501. The summed E-state index contributed by atoms with van der Waals surface area (Å²) in [5, 5.41) is 9.53. The number of aliphatic hydroxyl groups excluding tert-OH is 1. The fourth-order valence-corrected chi connectivity index (χ4v) is 2.73. The summed E-state index contributed by atoms with van der Waals surface area (Å²) in [5.41, 5.74) is 1.62. The topological polar surface area (TPSA) is 59.0 Å². The molecule has 0 aliphatic carbocycles. The molecule has 1 N–H and O–H groups in total. The standard InChI is InChI=1S/C19H21NO4/c1-23-18-4-2-3-14(11-18)13-24-17-7-5-15(6-8-17)19(22)20-10-9-16(21)12-20/h2-8,11,16,21H,9-10,12-13H2,1H3/t16-/m0/s1. The summed E-state index contributed by atoms with van der Waals surface area (Å²) in [6, 6.07) is 14.8. The van der Waals surface area contributed by atoms with E-state index < -0.39 is 6.10 Å². The lowest BCUT2D eigenvalue weighted by Crippen LogP contribution is -2.29. The van der Waals surface area contributed by atoms with Crippen LogP contribution in [0.5, 0.6) is 11.5 Å². The van der Waals surface area contributed by atoms with Crippen LogP contribution >= 0.6 is 0 Å². The Balaban J connectivity index is 1.59. The van der Waals surface area contributed by atoms with Crippen molar-refractivity contribution in [2.45, 2.75) is 19.1 Å². The van der Waals surface area contributed by atoms with Gasteiger partial charge in [0.25, 0.3) is 5.91 Å². The van der Waals surface area contributed by atoms with Gasteiger partial charge in [-0.15, -0.1) is 0 Å². The lowest BCUT2D eigenvalue weighted by Gasteiger charge is -2.15. The number of carbonyl (C=O) groups is 1. The van der Waals surface area contributed by atoms with Crippen LogP contribution in [0.3, 0.4) is 0 Å². The van der Waals surface area contributed by atoms with Crippen LogP contribution in [-0.4, -0.2) is 42.2 Å². The van der Waals surface area contributed by atoms with Crippen LogP contribution in [0.1, 0.15) is 22.3 Å². The van der Waals surface area contributed by atoms with Crippen LogP contribution in [0.4, 0.5) is 0 Å². The van der Waals surface area contributed by atoms with Crippen LogP contribution in [-0.2, 0) is 6.61 Å². The molecule has 0 radical (unpaired) electrons. The van der Waals surface area contributed by atoms with E-state index in [-0.39, 0.29) is 5.91 Å². The van der Waals surface area contributed by atoms with Crippen LogP contribution < -0.4 is 9.47 Å². The van der Waals surface area contributed by atoms with E-state index in [2.05, 4.69) is 0 Å². The molecule has 0 saturated carbocycles. The number of nitrogens with zero attached hydrogens (tertiary/aromatic N) is 1. The summed E-state index contributed by atoms with van der Waals surface area (Å²) in [6.45, 7) is 1.45. The van der Waals surface area contributed by atoms with E-state index in [4.69, 9.17) is 9.47 Å². The molecule has 2 aromatic rings. The van der Waals surface area contributed by atoms with Crippen molar-refractivity contribution in [2.24, 2.45) is 0 Å². The summed E-state index contributed by atoms with van der Waals surface area (Å²) < 4.78 is 10.9. The van der Waals surface area contributed by atoms with Gasteiger partial charge in [-0.3, -0.25) is 4.79 Å². The highest BCUT2D eigenvalue weighted by Gasteiger charge is 2.25. The number of benzene rings is 2. The van der Waals surface area contributed by atoms with Gasteiger partial charge in [0, 0.05) is 18.7 Å². The summed E-state index contributed by atoms with van der Waals surface area (Å²) in [7, 11) is 1.63. The molecule has 1 aliphatic rings. The van der Waals surface area contributed by atoms with Gasteiger partial charge >= 0.3 is 0 Å². The molecule has 0 spiro atoms. The Morgan fingerprint density at radius 3 is 2.67 bits per heavy atom. The number of hydrogen-bond donors (Lipinski definition) is 1. The van der Waals surface area contributed by atoms with Crippen molar-refractivity contribution >= 4 is 5.91 Å². The van der Waals surface area contributed by atoms with Crippen molar-refractivity contribution in [3.05, 3.63) is 59.7 Å². The molecular weight excluding hydrogens is 306 g/mol. The average molecular weight is 327 g/mol. The first-order valence-electron chi connectivity index (χ1n) is 7.99. The molecule has 1 saturated heterocycles. The fraction of sp³-hybridized carbons (Fsp3) is 0.316. The molecule has 0 bridgehead atoms. The lowest BCUT2D eigenvalue weighted by atomic mass is 10.2. The molecule has 0 aromatic heterocycles. The highest BCUT2D eigenvalue weighted by Crippen LogP contribution is 2.19. The Labute approximate surface area is 141 Å². The quantitative estimate of drug-likeness (QED) is 0.916. The summed E-state index contributed by atoms with van der Waals surface area (Å²) in [4.78, 5) is 14.0. The third-order valence-electron chi connectivity index (χ3n) is 4.09. The van der Waals surface area contributed by atoms with Gasteiger partial charge in [-0.05, 0) is 48.4 Å². The van der Waals surface area contributed by atoms with Crippen LogP contribution in [0, 0.1) is 0 Å². The van der Waals surface area contributed by atoms with E-state index in [0.29, 0.717) is 37.4 Å². The molecule has 2 aromatic carbocycles. The van der Waals surface area contributed by atoms with E-state index in [1.54, 1.807) is 36.3 Å². The zero-order chi connectivity index (χ0) is 16.9. The highest BCUT2D eigenvalue weighted by atomic mass is 16.5. The molecule has 5 nitrogen and oxygen atoms in total. The predicted molar refractivity (Wildman–Crippen MR) is 90.3 cm³/mol. The van der Waals surface area contributed by atoms with E-state index >= 15 is 0 Å². The smallest absolute Gasteiger partial charge is 0.253 e. The van der Waals surface area contributed by atoms with E-state index in [1.807, 2.05) is 24.3 Å². The minimum Gasteiger partial charge on any atom is -0.497 e. The van der Waals surface area contributed by atoms with Gasteiger partial charge in [0.05, 0.1) is 13.2 Å². The normalized spacial score (nSPS) is 16.9. The van der Waals surface area contributed by atoms with Crippen LogP contribution in [0.25, 0.3) is 0 Å². The van der Waals surface area contributed by atoms with Crippen LogP contribution in [0.2, 0.25) is 0 Å². The number of hydrogen-bond acceptors (Lipinski definition) is 4. The molecule has 126 valence electrons. The minimum atomic E-state index is -0.403. The average Bonchev–Trinajstić information content (AvgIpc) is 3.06. The second-order valence-electron chi connectivity index (χ2n) is 5.86. The molecule has 1 amide bonds. The van der Waals surface area contributed by atoms with Gasteiger partial charge in [0.2, 0.25) is 0 Å². The molecule has 5 heteroatoms. The van der Waals surface area contributed by atoms with Gasteiger partial charge in [0.15, 0.2) is 0 Å². The summed E-state index contributed by atoms with van der Waals surface area (Å²) in [6.07, 6.45) is 0.243. The lowest BCUT2D eigenvalue weighted by molar-refractivity contribution is 0.0765. The molecular formula is C19H21NO4. The molecule has 1 heterocycles. The van der Waals surface area contributed by atoms with Crippen molar-refractivity contribution in [3.8, 4) is 11.5 Å². The van der Waals surface area contributed by atoms with Gasteiger partial charge in [-0.2, -0.15) is 0 Å². The van der Waals surface area contributed by atoms with Crippen molar-refractivity contribution in [2.75, 3.05) is 20.2 Å². The molecule has 1 fully saturated rings. The third-order valence-corrected chi connectivity index (χ3v) is 4.09. The molecule has 1 atom stereocenters. The van der Waals surface area contributed by atoms with Crippen molar-refractivity contribution in [3.63, 3.8) is 0 Å². The van der Waals surface area contributed by atoms with Crippen molar-refractivity contribution in [1.82, 2.24) is 4.90 Å². The zero-order valence-electron chi connectivity index (χ0n) is 13.6. The van der Waals surface area contributed by atoms with Gasteiger partial charge < -0.3 is 19.5 Å². The van der Waals surface area contributed by atoms with Crippen molar-refractivity contribution < 1.29 is 19.4 Å². The van der Waals surface area contributed by atoms with Gasteiger partial charge in [-0.25, -0.2) is 0 Å². The largest absolute Gasteiger partial charge is 0.497 e. The molecule has 3 rings (SSSR count). The second-order valence-corrected chi connectivity index (χ2v) is 5.86. The van der Waals surface area contributed by atoms with E-state index in [9.17, 15) is 9.90 Å². The first kappa shape index (κ1) is 16.3. The van der Waals surface area contributed by atoms with E-state index in [0.717, 1.165) is 11.3 Å². The number of likely N-dealkylation sites (tertiary alicyclic amines) is 1. The number of rotatable bonds is 5. The number of β-amino-alcohol motifs (C(OH)–C–C–N with tert-alkyl or cyclic N) is 1. The summed E-state index contributed by atoms with van der Waals surface area (Å²) >= 11 is 0. The number of ether oxygens (including phenoxy) is 2. The Morgan fingerprint density at radius 2 is 2.00 bits per heavy atom. The highest BCUT2D eigenvalue weighted by molar-refractivity contribution is 5.94. The van der Waals surface area contributed by atoms with Gasteiger partial charge in [-0.1, -0.05) is 12.1 Å². The molecule has 1 aliphatic heterocycles. The predicted octanol–water partition coefficient (Wildman–Crippen LogP) is 2.48. The van der Waals surface area contributed by atoms with Gasteiger partial charge in [0.1, 0.15) is 18.1 Å². The molecule has 24 heavy (non-hydrogen) atoms. The fourth-order valence-electron chi connectivity index (χ4n) is 2.73. The first-order chi connectivity index (χ1) is 11.7. The maximum atomic E-state index is 12.3. The Morgan fingerprint density at radius 1 is 1.21 bits per heavy atom. The number of amides is 1. The number of methoxy groups -OCH3 is 1. The maximum Gasteiger partial charge on any atom is 0.253 e. The summed E-state index contributed by atoms with van der Waals surface area (Å²) in [5.74, 6) is 1.45. The second kappa shape index (κ2) is 7.36. The Hall–Kier alpha value is -2.53. The van der Waals surface area contributed by atoms with E-state index in [1.165, 1.54) is 0 Å². The Kier molecular flexibility index (Phi) is 5.01. The number of aliphatic hydroxyl groups is 1. The maximum absolute atomic E-state index is 12.3. The van der Waals surface area contributed by atoms with Crippen molar-refractivity contribution in [1.29, 1.82) is 0 Å².